The average molecular weight is 422 g/mol. The number of rotatable bonds is 5. The maximum Gasteiger partial charge on any atom is 0.257 e. The number of thiazole rings is 1. The van der Waals surface area contributed by atoms with Crippen LogP contribution in [-0.4, -0.2) is 36.7 Å². The van der Waals surface area contributed by atoms with Gasteiger partial charge in [-0.05, 0) is 48.9 Å². The number of benzene rings is 1. The van der Waals surface area contributed by atoms with Crippen molar-refractivity contribution in [3.05, 3.63) is 40.9 Å². The molecular weight excluding hydrogens is 394 g/mol. The van der Waals surface area contributed by atoms with Crippen molar-refractivity contribution >= 4 is 32.4 Å². The van der Waals surface area contributed by atoms with Gasteiger partial charge >= 0.3 is 0 Å². The number of hydrogen-bond donors (Lipinski definition) is 1. The number of amides is 1. The summed E-state index contributed by atoms with van der Waals surface area (Å²) >= 11 is 1.39. The van der Waals surface area contributed by atoms with E-state index < -0.39 is 10.0 Å². The topological polar surface area (TPSA) is 79.4 Å². The standard InChI is InChI=1S/C20H27N3O3S2/c1-20(2,3)13-16-14-27-19(21-16)22-18(24)15-7-9-17(10-8-15)28(25,26)23-11-5-4-6-12-23/h7-10,14H,4-6,11-13H2,1-3H3,(H,21,22,24). The second kappa shape index (κ2) is 8.31. The molecule has 0 unspecified atom stereocenters. The number of carbonyl (C=O) groups is 1. The lowest BCUT2D eigenvalue weighted by atomic mass is 9.91. The Balaban J connectivity index is 1.67. The molecule has 1 fully saturated rings. The van der Waals surface area contributed by atoms with Gasteiger partial charge in [-0.15, -0.1) is 11.3 Å². The summed E-state index contributed by atoms with van der Waals surface area (Å²) in [7, 11) is -3.49. The minimum absolute atomic E-state index is 0.130. The van der Waals surface area contributed by atoms with E-state index in [0.717, 1.165) is 31.4 Å². The molecule has 0 spiro atoms. The first-order chi connectivity index (χ1) is 13.1. The number of nitrogens with zero attached hydrogens (tertiary/aromatic N) is 2. The van der Waals surface area contributed by atoms with Crippen LogP contribution in [0.3, 0.4) is 0 Å². The van der Waals surface area contributed by atoms with Gasteiger partial charge in [-0.25, -0.2) is 13.4 Å². The number of carbonyl (C=O) groups excluding carboxylic acids is 1. The van der Waals surface area contributed by atoms with Crippen molar-refractivity contribution in [3.8, 4) is 0 Å². The molecule has 1 N–H and O–H groups in total. The van der Waals surface area contributed by atoms with E-state index in [1.807, 2.05) is 5.38 Å². The summed E-state index contributed by atoms with van der Waals surface area (Å²) in [6.45, 7) is 7.55. The van der Waals surface area contributed by atoms with Gasteiger partial charge in [0.25, 0.3) is 5.91 Å². The van der Waals surface area contributed by atoms with E-state index in [1.54, 1.807) is 12.1 Å². The highest BCUT2D eigenvalue weighted by Gasteiger charge is 2.26. The third-order valence-corrected chi connectivity index (χ3v) is 7.27. The van der Waals surface area contributed by atoms with Crippen LogP contribution in [0.2, 0.25) is 0 Å². The van der Waals surface area contributed by atoms with Crippen molar-refractivity contribution in [2.45, 2.75) is 51.3 Å². The number of piperidine rings is 1. The van der Waals surface area contributed by atoms with E-state index in [2.05, 4.69) is 31.1 Å². The van der Waals surface area contributed by atoms with Gasteiger partial charge in [-0.2, -0.15) is 4.31 Å². The summed E-state index contributed by atoms with van der Waals surface area (Å²) in [4.78, 5) is 17.2. The monoisotopic (exact) mass is 421 g/mol. The minimum atomic E-state index is -3.49. The first-order valence-electron chi connectivity index (χ1n) is 9.51. The molecule has 2 aromatic rings. The zero-order valence-electron chi connectivity index (χ0n) is 16.6. The SMILES string of the molecule is CC(C)(C)Cc1csc(NC(=O)c2ccc(S(=O)(=O)N3CCCCC3)cc2)n1. The smallest absolute Gasteiger partial charge is 0.257 e. The molecule has 0 saturated carbocycles. The van der Waals surface area contributed by atoms with Crippen LogP contribution in [0.5, 0.6) is 0 Å². The molecule has 0 radical (unpaired) electrons. The zero-order valence-corrected chi connectivity index (χ0v) is 18.2. The highest BCUT2D eigenvalue weighted by molar-refractivity contribution is 7.89. The van der Waals surface area contributed by atoms with Gasteiger partial charge in [0.15, 0.2) is 5.13 Å². The minimum Gasteiger partial charge on any atom is -0.298 e. The molecular formula is C20H27N3O3S2. The Morgan fingerprint density at radius 1 is 1.14 bits per heavy atom. The normalized spacial score (nSPS) is 16.1. The van der Waals surface area contributed by atoms with Gasteiger partial charge < -0.3 is 0 Å². The van der Waals surface area contributed by atoms with Gasteiger partial charge in [0.05, 0.1) is 10.6 Å². The molecule has 2 heterocycles. The van der Waals surface area contributed by atoms with Crippen LogP contribution >= 0.6 is 11.3 Å². The van der Waals surface area contributed by atoms with E-state index >= 15 is 0 Å². The largest absolute Gasteiger partial charge is 0.298 e. The summed E-state index contributed by atoms with van der Waals surface area (Å²) in [6.07, 6.45) is 3.69. The Morgan fingerprint density at radius 3 is 2.39 bits per heavy atom. The van der Waals surface area contributed by atoms with Crippen LogP contribution in [0, 0.1) is 5.41 Å². The summed E-state index contributed by atoms with van der Waals surface area (Å²) in [5.74, 6) is -0.293. The van der Waals surface area contributed by atoms with Gasteiger partial charge in [-0.3, -0.25) is 10.1 Å². The summed E-state index contributed by atoms with van der Waals surface area (Å²) in [5, 5.41) is 5.30. The predicted octanol–water partition coefficient (Wildman–Crippen LogP) is 4.16. The molecule has 1 aliphatic rings. The third kappa shape index (κ3) is 5.18. The molecule has 1 amide bonds. The van der Waals surface area contributed by atoms with Gasteiger partial charge in [-0.1, -0.05) is 27.2 Å². The van der Waals surface area contributed by atoms with Crippen LogP contribution in [0.25, 0.3) is 0 Å². The van der Waals surface area contributed by atoms with E-state index in [-0.39, 0.29) is 16.2 Å². The summed E-state index contributed by atoms with van der Waals surface area (Å²) in [5.41, 5.74) is 1.49. The van der Waals surface area contributed by atoms with Crippen molar-refractivity contribution in [1.29, 1.82) is 0 Å². The Bertz CT molecular complexity index is 922. The average Bonchev–Trinajstić information content (AvgIpc) is 3.07. The summed E-state index contributed by atoms with van der Waals surface area (Å²) < 4.78 is 26.9. The van der Waals surface area contributed by atoms with Crippen molar-refractivity contribution in [2.75, 3.05) is 18.4 Å². The maximum absolute atomic E-state index is 12.7. The number of anilines is 1. The second-order valence-electron chi connectivity index (χ2n) is 8.32. The molecule has 1 aliphatic heterocycles. The lowest BCUT2D eigenvalue weighted by Crippen LogP contribution is -2.35. The molecule has 3 rings (SSSR count). The number of aromatic nitrogens is 1. The van der Waals surface area contributed by atoms with E-state index in [1.165, 1.54) is 27.8 Å². The molecule has 152 valence electrons. The van der Waals surface area contributed by atoms with Gasteiger partial charge in [0.1, 0.15) is 0 Å². The lowest BCUT2D eigenvalue weighted by Gasteiger charge is -2.25. The first-order valence-corrected chi connectivity index (χ1v) is 11.8. The number of nitrogens with one attached hydrogen (secondary N) is 1. The highest BCUT2D eigenvalue weighted by Crippen LogP contribution is 2.25. The Hall–Kier alpha value is -1.77. The fourth-order valence-corrected chi connectivity index (χ4v) is 5.41. The van der Waals surface area contributed by atoms with Crippen molar-refractivity contribution < 1.29 is 13.2 Å². The van der Waals surface area contributed by atoms with Crippen LogP contribution in [0.4, 0.5) is 5.13 Å². The van der Waals surface area contributed by atoms with Gasteiger partial charge in [0, 0.05) is 24.0 Å². The quantitative estimate of drug-likeness (QED) is 0.786. The van der Waals surface area contributed by atoms with Crippen LogP contribution in [0.1, 0.15) is 56.1 Å². The molecule has 1 saturated heterocycles. The number of hydrogen-bond acceptors (Lipinski definition) is 5. The Kier molecular flexibility index (Phi) is 6.21. The molecule has 6 nitrogen and oxygen atoms in total. The zero-order chi connectivity index (χ0) is 20.4. The van der Waals surface area contributed by atoms with Crippen LogP contribution in [-0.2, 0) is 16.4 Å². The third-order valence-electron chi connectivity index (χ3n) is 4.55. The maximum atomic E-state index is 12.7. The van der Waals surface area contributed by atoms with Crippen molar-refractivity contribution in [2.24, 2.45) is 5.41 Å². The predicted molar refractivity (Wildman–Crippen MR) is 112 cm³/mol. The molecule has 28 heavy (non-hydrogen) atoms. The highest BCUT2D eigenvalue weighted by atomic mass is 32.2. The molecule has 0 atom stereocenters. The van der Waals surface area contributed by atoms with Crippen LogP contribution in [0.15, 0.2) is 34.5 Å². The molecule has 0 aliphatic carbocycles. The first kappa shape index (κ1) is 21.0. The van der Waals surface area contributed by atoms with E-state index in [9.17, 15) is 13.2 Å². The fraction of sp³-hybridized carbons (Fsp3) is 0.500. The fourth-order valence-electron chi connectivity index (χ4n) is 3.19. The Morgan fingerprint density at radius 2 is 1.79 bits per heavy atom. The molecule has 1 aromatic carbocycles. The van der Waals surface area contributed by atoms with Gasteiger partial charge in [0.2, 0.25) is 10.0 Å². The lowest BCUT2D eigenvalue weighted by molar-refractivity contribution is 0.102. The number of sulfonamides is 1. The molecule has 8 heteroatoms. The van der Waals surface area contributed by atoms with Crippen molar-refractivity contribution in [3.63, 3.8) is 0 Å². The van der Waals surface area contributed by atoms with E-state index in [0.29, 0.717) is 23.8 Å². The Labute approximate surface area is 171 Å². The summed E-state index contributed by atoms with van der Waals surface area (Å²) in [6, 6.07) is 6.11. The molecule has 1 aromatic heterocycles. The second-order valence-corrected chi connectivity index (χ2v) is 11.1. The van der Waals surface area contributed by atoms with Crippen LogP contribution < -0.4 is 5.32 Å². The van der Waals surface area contributed by atoms with E-state index in [4.69, 9.17) is 0 Å². The molecule has 0 bridgehead atoms. The van der Waals surface area contributed by atoms with Crippen molar-refractivity contribution in [1.82, 2.24) is 9.29 Å².